The molecule has 0 aromatic carbocycles. The number of nitrogens with one attached hydrogen (secondary N) is 1. The number of carbonyl (C=O) groups is 1. The molecule has 2 fully saturated rings. The fourth-order valence-electron chi connectivity index (χ4n) is 3.65. The molecule has 1 amide bonds. The molecular formula is C17H22N4O2S. The van der Waals surface area contributed by atoms with Crippen LogP contribution in [0.25, 0.3) is 10.8 Å². The predicted octanol–water partition coefficient (Wildman–Crippen LogP) is 3.76. The summed E-state index contributed by atoms with van der Waals surface area (Å²) in [7, 11) is 0. The number of carbonyl (C=O) groups excluding carboxylic acids is 1. The van der Waals surface area contributed by atoms with E-state index < -0.39 is 5.54 Å². The average Bonchev–Trinajstić information content (AvgIpc) is 3.15. The number of nitrogens with zero attached hydrogens (tertiary/aromatic N) is 3. The highest BCUT2D eigenvalue weighted by Crippen LogP contribution is 2.45. The van der Waals surface area contributed by atoms with Gasteiger partial charge in [-0.2, -0.15) is 4.98 Å². The first-order valence-corrected chi connectivity index (χ1v) is 9.63. The molecule has 0 spiro atoms. The molecule has 0 bridgehead atoms. The summed E-state index contributed by atoms with van der Waals surface area (Å²) >= 11 is 1.55. The second kappa shape index (κ2) is 6.27. The van der Waals surface area contributed by atoms with Crippen molar-refractivity contribution in [1.82, 2.24) is 20.4 Å². The second-order valence-electron chi connectivity index (χ2n) is 6.94. The van der Waals surface area contributed by atoms with Crippen LogP contribution in [0.1, 0.15) is 75.7 Å². The normalized spacial score (nSPS) is 20.5. The van der Waals surface area contributed by atoms with Gasteiger partial charge in [-0.1, -0.05) is 30.8 Å². The topological polar surface area (TPSA) is 80.9 Å². The lowest BCUT2D eigenvalue weighted by Gasteiger charge is -2.30. The van der Waals surface area contributed by atoms with E-state index in [1.54, 1.807) is 18.3 Å². The Hall–Kier alpha value is -1.76. The van der Waals surface area contributed by atoms with Crippen molar-refractivity contribution in [1.29, 1.82) is 0 Å². The molecule has 2 aliphatic carbocycles. The summed E-state index contributed by atoms with van der Waals surface area (Å²) in [6, 6.07) is 0. The minimum absolute atomic E-state index is 0.0419. The van der Waals surface area contributed by atoms with Gasteiger partial charge in [0, 0.05) is 12.8 Å². The van der Waals surface area contributed by atoms with Crippen molar-refractivity contribution in [2.45, 2.75) is 69.7 Å². The minimum Gasteiger partial charge on any atom is -0.343 e. The first-order valence-electron chi connectivity index (χ1n) is 8.75. The first kappa shape index (κ1) is 15.7. The Kier molecular flexibility index (Phi) is 4.12. The molecule has 0 radical (unpaired) electrons. The Morgan fingerprint density at radius 3 is 2.71 bits per heavy atom. The standard InChI is InChI=1S/C17H22N4O2S/c1-11(22)20-17(8-4-2-3-5-9-17)16-19-15(23-21-16)14-13(12-6-7-12)18-10-24-14/h10,12H,2-9H2,1H3,(H,20,22). The highest BCUT2D eigenvalue weighted by Gasteiger charge is 2.39. The Morgan fingerprint density at radius 2 is 2.04 bits per heavy atom. The molecule has 2 saturated carbocycles. The summed E-state index contributed by atoms with van der Waals surface area (Å²) in [6.07, 6.45) is 8.62. The van der Waals surface area contributed by atoms with Gasteiger partial charge in [-0.25, -0.2) is 4.98 Å². The number of thiazole rings is 1. The molecule has 0 atom stereocenters. The zero-order valence-electron chi connectivity index (χ0n) is 13.9. The van der Waals surface area contributed by atoms with Gasteiger partial charge in [-0.05, 0) is 25.7 Å². The van der Waals surface area contributed by atoms with Gasteiger partial charge in [-0.15, -0.1) is 11.3 Å². The van der Waals surface area contributed by atoms with Crippen molar-refractivity contribution >= 4 is 17.2 Å². The molecule has 0 unspecified atom stereocenters. The zero-order valence-corrected chi connectivity index (χ0v) is 14.7. The lowest BCUT2D eigenvalue weighted by atomic mass is 9.89. The SMILES string of the molecule is CC(=O)NC1(c2noc(-c3scnc3C3CC3)n2)CCCCCC1. The molecule has 24 heavy (non-hydrogen) atoms. The molecule has 2 aliphatic rings. The Morgan fingerprint density at radius 1 is 1.29 bits per heavy atom. The third kappa shape index (κ3) is 2.97. The molecule has 2 aromatic heterocycles. The summed E-state index contributed by atoms with van der Waals surface area (Å²) in [5.74, 6) is 1.66. The van der Waals surface area contributed by atoms with E-state index in [1.807, 2.05) is 5.51 Å². The van der Waals surface area contributed by atoms with Gasteiger partial charge < -0.3 is 9.84 Å². The van der Waals surface area contributed by atoms with Crippen LogP contribution in [-0.2, 0) is 10.3 Å². The summed E-state index contributed by atoms with van der Waals surface area (Å²) in [4.78, 5) is 21.9. The fraction of sp³-hybridized carbons (Fsp3) is 0.647. The van der Waals surface area contributed by atoms with Crippen LogP contribution in [0.2, 0.25) is 0 Å². The lowest BCUT2D eigenvalue weighted by Crippen LogP contribution is -2.45. The van der Waals surface area contributed by atoms with Gasteiger partial charge in [-0.3, -0.25) is 4.79 Å². The van der Waals surface area contributed by atoms with Crippen molar-refractivity contribution in [2.24, 2.45) is 0 Å². The van der Waals surface area contributed by atoms with E-state index in [9.17, 15) is 4.79 Å². The third-order valence-corrected chi connectivity index (χ3v) is 5.81. The zero-order chi connectivity index (χ0) is 16.6. The summed E-state index contributed by atoms with van der Waals surface area (Å²) in [5, 5.41) is 7.39. The minimum atomic E-state index is -0.492. The number of hydrogen-bond acceptors (Lipinski definition) is 6. The summed E-state index contributed by atoms with van der Waals surface area (Å²) in [6.45, 7) is 1.56. The number of rotatable bonds is 4. The molecule has 0 aliphatic heterocycles. The van der Waals surface area contributed by atoms with Crippen molar-refractivity contribution < 1.29 is 9.32 Å². The van der Waals surface area contributed by atoms with Crippen molar-refractivity contribution in [3.05, 3.63) is 17.0 Å². The highest BCUT2D eigenvalue weighted by molar-refractivity contribution is 7.13. The van der Waals surface area contributed by atoms with Crippen molar-refractivity contribution in [3.63, 3.8) is 0 Å². The summed E-state index contributed by atoms with van der Waals surface area (Å²) < 4.78 is 5.59. The van der Waals surface area contributed by atoms with Crippen LogP contribution in [0, 0.1) is 0 Å². The summed E-state index contributed by atoms with van der Waals surface area (Å²) in [5.41, 5.74) is 2.45. The number of aromatic nitrogens is 3. The van der Waals surface area contributed by atoms with Crippen LogP contribution in [0.4, 0.5) is 0 Å². The van der Waals surface area contributed by atoms with Crippen LogP contribution < -0.4 is 5.32 Å². The maximum Gasteiger partial charge on any atom is 0.270 e. The van der Waals surface area contributed by atoms with Crippen LogP contribution in [0.5, 0.6) is 0 Å². The quantitative estimate of drug-likeness (QED) is 0.853. The average molecular weight is 346 g/mol. The first-order chi connectivity index (χ1) is 11.7. The lowest BCUT2D eigenvalue weighted by molar-refractivity contribution is -0.121. The predicted molar refractivity (Wildman–Crippen MR) is 90.6 cm³/mol. The maximum atomic E-state index is 11.8. The highest BCUT2D eigenvalue weighted by atomic mass is 32.1. The van der Waals surface area contributed by atoms with Crippen molar-refractivity contribution in [3.8, 4) is 10.8 Å². The monoisotopic (exact) mass is 346 g/mol. The molecule has 6 nitrogen and oxygen atoms in total. The molecule has 2 aromatic rings. The van der Waals surface area contributed by atoms with Gasteiger partial charge in [0.2, 0.25) is 5.91 Å². The van der Waals surface area contributed by atoms with E-state index in [0.717, 1.165) is 36.3 Å². The fourth-order valence-corrected chi connectivity index (χ4v) is 4.44. The smallest absolute Gasteiger partial charge is 0.270 e. The Labute approximate surface area is 145 Å². The van der Waals surface area contributed by atoms with E-state index in [2.05, 4.69) is 15.5 Å². The van der Waals surface area contributed by atoms with Crippen molar-refractivity contribution in [2.75, 3.05) is 0 Å². The van der Waals surface area contributed by atoms with Gasteiger partial charge in [0.25, 0.3) is 5.89 Å². The van der Waals surface area contributed by atoms with Gasteiger partial charge in [0.1, 0.15) is 10.4 Å². The van der Waals surface area contributed by atoms with Gasteiger partial charge in [0.15, 0.2) is 5.82 Å². The molecule has 1 N–H and O–H groups in total. The molecule has 2 heterocycles. The van der Waals surface area contributed by atoms with Gasteiger partial charge in [0.05, 0.1) is 11.2 Å². The van der Waals surface area contributed by atoms with E-state index in [4.69, 9.17) is 9.51 Å². The molecule has 0 saturated heterocycles. The number of amides is 1. The van der Waals surface area contributed by atoms with E-state index in [1.165, 1.54) is 25.7 Å². The van der Waals surface area contributed by atoms with Gasteiger partial charge >= 0.3 is 0 Å². The molecule has 4 rings (SSSR count). The molecular weight excluding hydrogens is 324 g/mol. The van der Waals surface area contributed by atoms with E-state index in [0.29, 0.717) is 17.6 Å². The maximum absolute atomic E-state index is 11.8. The molecule has 7 heteroatoms. The Balaban J connectivity index is 1.68. The van der Waals surface area contributed by atoms with Crippen LogP contribution >= 0.6 is 11.3 Å². The molecule has 128 valence electrons. The second-order valence-corrected chi connectivity index (χ2v) is 7.80. The Bertz CT molecular complexity index is 727. The number of hydrogen-bond donors (Lipinski definition) is 1. The van der Waals surface area contributed by atoms with Crippen LogP contribution in [-0.4, -0.2) is 21.0 Å². The van der Waals surface area contributed by atoms with E-state index in [-0.39, 0.29) is 5.91 Å². The largest absolute Gasteiger partial charge is 0.343 e. The van der Waals surface area contributed by atoms with Crippen LogP contribution in [0.15, 0.2) is 10.0 Å². The third-order valence-electron chi connectivity index (χ3n) is 4.98. The van der Waals surface area contributed by atoms with Crippen LogP contribution in [0.3, 0.4) is 0 Å². The van der Waals surface area contributed by atoms with E-state index >= 15 is 0 Å².